The van der Waals surface area contributed by atoms with E-state index in [-0.39, 0.29) is 0 Å². The van der Waals surface area contributed by atoms with Crippen molar-refractivity contribution in [3.63, 3.8) is 0 Å². The van der Waals surface area contributed by atoms with Crippen molar-refractivity contribution in [1.29, 1.82) is 0 Å². The maximum Gasteiger partial charge on any atom is 0.0466 e. The van der Waals surface area contributed by atoms with Crippen molar-refractivity contribution >= 4 is 0 Å². The monoisotopic (exact) mass is 269 g/mol. The second kappa shape index (κ2) is 5.18. The van der Waals surface area contributed by atoms with E-state index >= 15 is 0 Å². The van der Waals surface area contributed by atoms with Gasteiger partial charge < -0.3 is 5.32 Å². The summed E-state index contributed by atoms with van der Waals surface area (Å²) in [6.07, 6.45) is 12.7. The van der Waals surface area contributed by atoms with Crippen LogP contribution in [0, 0.1) is 5.92 Å². The van der Waals surface area contributed by atoms with Crippen molar-refractivity contribution in [2.45, 2.75) is 69.2 Å². The zero-order chi connectivity index (χ0) is 13.4. The molecule has 2 aliphatic carbocycles. The lowest BCUT2D eigenvalue weighted by atomic mass is 9.71. The number of rotatable bonds is 3. The molecule has 1 heterocycles. The fourth-order valence-corrected chi connectivity index (χ4v) is 4.46. The van der Waals surface area contributed by atoms with E-state index in [2.05, 4.69) is 29.6 Å². The van der Waals surface area contributed by atoms with Crippen molar-refractivity contribution < 1.29 is 0 Å². The molecule has 0 bridgehead atoms. The Morgan fingerprint density at radius 2 is 1.75 bits per heavy atom. The Balaban J connectivity index is 1.75. The van der Waals surface area contributed by atoms with Crippen LogP contribution in [0.4, 0.5) is 0 Å². The van der Waals surface area contributed by atoms with Crippen LogP contribution >= 0.6 is 0 Å². The second-order valence-corrected chi connectivity index (χ2v) is 7.20. The molecule has 1 saturated heterocycles. The minimum atomic E-state index is 0.322. The number of benzene rings is 1. The molecule has 0 spiro atoms. The van der Waals surface area contributed by atoms with Gasteiger partial charge >= 0.3 is 0 Å². The molecular weight excluding hydrogens is 242 g/mol. The Hall–Kier alpha value is -0.820. The van der Waals surface area contributed by atoms with Gasteiger partial charge in [0.1, 0.15) is 0 Å². The summed E-state index contributed by atoms with van der Waals surface area (Å²) in [6, 6.07) is 9.41. The summed E-state index contributed by atoms with van der Waals surface area (Å²) in [7, 11) is 0. The lowest BCUT2D eigenvalue weighted by Crippen LogP contribution is -2.45. The van der Waals surface area contributed by atoms with E-state index in [1.807, 2.05) is 0 Å². The molecule has 3 fully saturated rings. The Bertz CT molecular complexity index is 462. The SMILES string of the molecule is c1ccc(C2(C3CC3)CCCCCN2)c(C2CCC2)c1. The molecule has 0 radical (unpaired) electrons. The molecule has 2 saturated carbocycles. The van der Waals surface area contributed by atoms with Crippen LogP contribution < -0.4 is 5.32 Å². The smallest absolute Gasteiger partial charge is 0.0466 e. The molecule has 1 aliphatic heterocycles. The third-order valence-electron chi connectivity index (χ3n) is 5.95. The Morgan fingerprint density at radius 1 is 0.900 bits per heavy atom. The normalized spacial score (nSPS) is 31.6. The van der Waals surface area contributed by atoms with Crippen LogP contribution in [0.1, 0.15) is 74.8 Å². The molecule has 1 aromatic rings. The second-order valence-electron chi connectivity index (χ2n) is 7.20. The fraction of sp³-hybridized carbons (Fsp3) is 0.684. The molecule has 1 N–H and O–H groups in total. The Labute approximate surface area is 123 Å². The molecule has 1 aromatic carbocycles. The highest BCUT2D eigenvalue weighted by Crippen LogP contribution is 2.52. The van der Waals surface area contributed by atoms with Crippen molar-refractivity contribution in [1.82, 2.24) is 5.32 Å². The minimum Gasteiger partial charge on any atom is -0.307 e. The third kappa shape index (κ3) is 2.11. The number of nitrogens with one attached hydrogen (secondary N) is 1. The maximum atomic E-state index is 4.02. The zero-order valence-electron chi connectivity index (χ0n) is 12.5. The van der Waals surface area contributed by atoms with Gasteiger partial charge in [-0.1, -0.05) is 43.5 Å². The van der Waals surface area contributed by atoms with E-state index in [4.69, 9.17) is 0 Å². The first kappa shape index (κ1) is 12.9. The van der Waals surface area contributed by atoms with Crippen LogP contribution in [-0.4, -0.2) is 6.54 Å². The highest BCUT2D eigenvalue weighted by atomic mass is 15.0. The van der Waals surface area contributed by atoms with Crippen molar-refractivity contribution in [3.05, 3.63) is 35.4 Å². The van der Waals surface area contributed by atoms with Crippen LogP contribution in [0.5, 0.6) is 0 Å². The molecular formula is C19H27N. The van der Waals surface area contributed by atoms with Crippen LogP contribution in [0.2, 0.25) is 0 Å². The summed E-state index contributed by atoms with van der Waals surface area (Å²) in [4.78, 5) is 0. The van der Waals surface area contributed by atoms with Crippen molar-refractivity contribution in [2.75, 3.05) is 6.54 Å². The van der Waals surface area contributed by atoms with Gasteiger partial charge in [-0.25, -0.2) is 0 Å². The van der Waals surface area contributed by atoms with Gasteiger partial charge in [0, 0.05) is 5.54 Å². The lowest BCUT2D eigenvalue weighted by molar-refractivity contribution is 0.272. The standard InChI is InChI=1S/C19H27N/c1-4-13-19(16-11-12-16,20-14-5-1)18-10-3-2-9-17(18)15-7-6-8-15/h2-3,9-10,15-16,20H,1,4-8,11-14H2. The molecule has 1 unspecified atom stereocenters. The average Bonchev–Trinajstić information content (AvgIpc) is 3.25. The van der Waals surface area contributed by atoms with E-state index in [0.717, 1.165) is 11.8 Å². The van der Waals surface area contributed by atoms with E-state index in [1.165, 1.54) is 64.3 Å². The Kier molecular flexibility index (Phi) is 3.34. The van der Waals surface area contributed by atoms with Crippen molar-refractivity contribution in [2.24, 2.45) is 5.92 Å². The van der Waals surface area contributed by atoms with Gasteiger partial charge in [-0.2, -0.15) is 0 Å². The molecule has 0 aromatic heterocycles. The van der Waals surface area contributed by atoms with Gasteiger partial charge in [-0.15, -0.1) is 0 Å². The van der Waals surface area contributed by atoms with Gasteiger partial charge in [0.2, 0.25) is 0 Å². The summed E-state index contributed by atoms with van der Waals surface area (Å²) in [5.41, 5.74) is 3.68. The first-order chi connectivity index (χ1) is 9.90. The van der Waals surface area contributed by atoms with Crippen molar-refractivity contribution in [3.8, 4) is 0 Å². The molecule has 3 aliphatic rings. The third-order valence-corrected chi connectivity index (χ3v) is 5.95. The van der Waals surface area contributed by atoms with E-state index in [9.17, 15) is 0 Å². The lowest BCUT2D eigenvalue weighted by Gasteiger charge is -2.39. The Morgan fingerprint density at radius 3 is 2.50 bits per heavy atom. The van der Waals surface area contributed by atoms with Gasteiger partial charge in [0.15, 0.2) is 0 Å². The predicted molar refractivity (Wildman–Crippen MR) is 83.9 cm³/mol. The largest absolute Gasteiger partial charge is 0.307 e. The highest BCUT2D eigenvalue weighted by Gasteiger charge is 2.47. The first-order valence-electron chi connectivity index (χ1n) is 8.74. The first-order valence-corrected chi connectivity index (χ1v) is 8.74. The van der Waals surface area contributed by atoms with Gasteiger partial charge in [0.05, 0.1) is 0 Å². The minimum absolute atomic E-state index is 0.322. The predicted octanol–water partition coefficient (Wildman–Crippen LogP) is 4.72. The highest BCUT2D eigenvalue weighted by molar-refractivity contribution is 5.39. The van der Waals surface area contributed by atoms with Crippen LogP contribution in [-0.2, 0) is 5.54 Å². The number of hydrogen-bond donors (Lipinski definition) is 1. The molecule has 1 heteroatoms. The van der Waals surface area contributed by atoms with E-state index in [1.54, 1.807) is 11.1 Å². The summed E-state index contributed by atoms with van der Waals surface area (Å²) in [5, 5.41) is 4.02. The topological polar surface area (TPSA) is 12.0 Å². The van der Waals surface area contributed by atoms with Crippen LogP contribution in [0.15, 0.2) is 24.3 Å². The average molecular weight is 269 g/mol. The fourth-order valence-electron chi connectivity index (χ4n) is 4.46. The summed E-state index contributed by atoms with van der Waals surface area (Å²) >= 11 is 0. The van der Waals surface area contributed by atoms with Crippen LogP contribution in [0.25, 0.3) is 0 Å². The van der Waals surface area contributed by atoms with Gasteiger partial charge in [-0.05, 0) is 68.0 Å². The molecule has 0 amide bonds. The van der Waals surface area contributed by atoms with Gasteiger partial charge in [0.25, 0.3) is 0 Å². The number of hydrogen-bond acceptors (Lipinski definition) is 1. The molecule has 4 rings (SSSR count). The van der Waals surface area contributed by atoms with Crippen LogP contribution in [0.3, 0.4) is 0 Å². The van der Waals surface area contributed by atoms with E-state index < -0.39 is 0 Å². The molecule has 1 atom stereocenters. The summed E-state index contributed by atoms with van der Waals surface area (Å²) < 4.78 is 0. The quantitative estimate of drug-likeness (QED) is 0.837. The summed E-state index contributed by atoms with van der Waals surface area (Å²) in [5.74, 6) is 1.76. The van der Waals surface area contributed by atoms with Gasteiger partial charge in [-0.3, -0.25) is 0 Å². The zero-order valence-corrected chi connectivity index (χ0v) is 12.5. The molecule has 20 heavy (non-hydrogen) atoms. The summed E-state index contributed by atoms with van der Waals surface area (Å²) in [6.45, 7) is 1.22. The molecule has 1 nitrogen and oxygen atoms in total. The molecule has 108 valence electrons. The van der Waals surface area contributed by atoms with E-state index in [0.29, 0.717) is 5.54 Å². The maximum absolute atomic E-state index is 4.02.